The quantitative estimate of drug-likeness (QED) is 0.544. The van der Waals surface area contributed by atoms with E-state index in [-0.39, 0.29) is 16.7 Å². The van der Waals surface area contributed by atoms with Gasteiger partial charge in [-0.25, -0.2) is 0 Å². The van der Waals surface area contributed by atoms with Gasteiger partial charge in [-0.15, -0.1) is 6.42 Å². The normalized spacial score (nSPS) is 48.5. The van der Waals surface area contributed by atoms with Crippen LogP contribution in [0.2, 0.25) is 0 Å². The minimum absolute atomic E-state index is 0.176. The fourth-order valence-corrected chi connectivity index (χ4v) is 8.64. The average molecular weight is 415 g/mol. The molecule has 1 unspecified atom stereocenters. The topological polar surface area (TPSA) is 63.6 Å². The first kappa shape index (κ1) is 21.9. The minimum atomic E-state index is -1.12. The predicted molar refractivity (Wildman–Crippen MR) is 115 cm³/mol. The number of Topliss-reactive ketones (excluding diaryl/α,β-unsaturated/α-hetero) is 1. The van der Waals surface area contributed by atoms with Crippen LogP contribution in [-0.2, 0) is 14.3 Å². The highest BCUT2D eigenvalue weighted by Crippen LogP contribution is 2.68. The maximum Gasteiger partial charge on any atom is 0.303 e. The number of rotatable bonds is 3. The fraction of sp³-hybridized carbons (Fsp3) is 0.846. The van der Waals surface area contributed by atoms with Crippen LogP contribution < -0.4 is 0 Å². The van der Waals surface area contributed by atoms with Crippen LogP contribution in [0.4, 0.5) is 0 Å². The lowest BCUT2D eigenvalue weighted by Gasteiger charge is -2.62. The van der Waals surface area contributed by atoms with Crippen LogP contribution in [0.5, 0.6) is 0 Å². The summed E-state index contributed by atoms with van der Waals surface area (Å²) in [6, 6.07) is 0. The molecule has 30 heavy (non-hydrogen) atoms. The van der Waals surface area contributed by atoms with E-state index >= 15 is 0 Å². The Kier molecular flexibility index (Phi) is 5.37. The fourth-order valence-electron chi connectivity index (χ4n) is 8.64. The van der Waals surface area contributed by atoms with Gasteiger partial charge < -0.3 is 9.84 Å². The Hall–Kier alpha value is -1.34. The van der Waals surface area contributed by atoms with E-state index in [1.807, 2.05) is 0 Å². The molecule has 9 atom stereocenters. The van der Waals surface area contributed by atoms with Gasteiger partial charge in [0.15, 0.2) is 6.10 Å². The molecule has 0 spiro atoms. The van der Waals surface area contributed by atoms with E-state index < -0.39 is 17.7 Å². The number of fused-ring (bicyclic) bond motifs is 5. The highest BCUT2D eigenvalue weighted by atomic mass is 16.6. The molecule has 1 N–H and O–H groups in total. The summed E-state index contributed by atoms with van der Waals surface area (Å²) in [4.78, 5) is 23.8. The molecular weight excluding hydrogens is 376 g/mol. The summed E-state index contributed by atoms with van der Waals surface area (Å²) in [5.41, 5.74) is -0.747. The molecule has 4 heteroatoms. The third kappa shape index (κ3) is 3.15. The van der Waals surface area contributed by atoms with Gasteiger partial charge in [0.2, 0.25) is 0 Å². The van der Waals surface area contributed by atoms with Crippen LogP contribution in [0.1, 0.15) is 85.5 Å². The van der Waals surface area contributed by atoms with Gasteiger partial charge in [-0.05, 0) is 99.2 Å². The van der Waals surface area contributed by atoms with Gasteiger partial charge in [-0.1, -0.05) is 19.8 Å². The molecule has 4 aliphatic carbocycles. The molecule has 0 heterocycles. The maximum absolute atomic E-state index is 12.3. The number of hydrogen-bond acceptors (Lipinski definition) is 4. The number of carbonyl (C=O) groups excluding carboxylic acids is 2. The van der Waals surface area contributed by atoms with Crippen LogP contribution in [-0.4, -0.2) is 28.6 Å². The van der Waals surface area contributed by atoms with E-state index in [1.54, 1.807) is 6.92 Å². The predicted octanol–water partition coefficient (Wildman–Crippen LogP) is 4.53. The van der Waals surface area contributed by atoms with Crippen molar-refractivity contribution in [3.05, 3.63) is 0 Å². The van der Waals surface area contributed by atoms with Crippen molar-refractivity contribution in [1.82, 2.24) is 0 Å². The largest absolute Gasteiger partial charge is 0.446 e. The van der Waals surface area contributed by atoms with Crippen molar-refractivity contribution in [2.24, 2.45) is 40.4 Å². The lowest BCUT2D eigenvalue weighted by Crippen LogP contribution is -2.58. The zero-order valence-corrected chi connectivity index (χ0v) is 19.1. The van der Waals surface area contributed by atoms with Gasteiger partial charge in [-0.2, -0.15) is 0 Å². The van der Waals surface area contributed by atoms with Gasteiger partial charge in [0.05, 0.1) is 0 Å². The summed E-state index contributed by atoms with van der Waals surface area (Å²) in [5.74, 6) is 5.13. The van der Waals surface area contributed by atoms with E-state index in [2.05, 4.69) is 19.8 Å². The molecule has 0 aliphatic heterocycles. The van der Waals surface area contributed by atoms with Crippen LogP contribution in [0, 0.1) is 52.8 Å². The second kappa shape index (κ2) is 7.37. The van der Waals surface area contributed by atoms with Crippen molar-refractivity contribution in [2.75, 3.05) is 0 Å². The van der Waals surface area contributed by atoms with Gasteiger partial charge >= 0.3 is 5.97 Å². The van der Waals surface area contributed by atoms with E-state index in [0.717, 1.165) is 25.7 Å². The first-order valence-electron chi connectivity index (χ1n) is 11.9. The second-order valence-corrected chi connectivity index (χ2v) is 11.4. The second-order valence-electron chi connectivity index (χ2n) is 11.4. The summed E-state index contributed by atoms with van der Waals surface area (Å²) in [5, 5.41) is 11.4. The van der Waals surface area contributed by atoms with Crippen LogP contribution in [0.3, 0.4) is 0 Å². The van der Waals surface area contributed by atoms with Crippen molar-refractivity contribution >= 4 is 11.8 Å². The molecule has 4 fully saturated rings. The molecule has 0 aromatic carbocycles. The molecule has 4 saturated carbocycles. The molecule has 0 amide bonds. The highest BCUT2D eigenvalue weighted by Gasteiger charge is 2.62. The van der Waals surface area contributed by atoms with Crippen LogP contribution >= 0.6 is 0 Å². The van der Waals surface area contributed by atoms with Gasteiger partial charge in [0.25, 0.3) is 0 Å². The molecule has 4 rings (SSSR count). The third-order valence-electron chi connectivity index (χ3n) is 10.2. The van der Waals surface area contributed by atoms with Gasteiger partial charge in [0, 0.05) is 12.8 Å². The summed E-state index contributed by atoms with van der Waals surface area (Å²) in [6.07, 6.45) is 13.8. The molecule has 0 saturated heterocycles. The van der Waals surface area contributed by atoms with E-state index in [0.29, 0.717) is 42.3 Å². The SMILES string of the molecule is C#CC(OC(C)=O)[C@@]1(O)CC[C@@]2(C)[C@H](CC[C@@H]3[C@@H]2CC[C@]2(C)[C@@H](C(C)=O)CC[C@@H]32)C1. The molecular formula is C26H38O4. The number of ketones is 1. The van der Waals surface area contributed by atoms with Crippen molar-refractivity contribution < 1.29 is 19.4 Å². The molecule has 0 aromatic rings. The Labute approximate surface area is 181 Å². The average Bonchev–Trinajstić information content (AvgIpc) is 3.04. The number of aliphatic hydroxyl groups is 1. The Balaban J connectivity index is 1.55. The zero-order valence-electron chi connectivity index (χ0n) is 19.1. The van der Waals surface area contributed by atoms with Gasteiger partial charge in [-0.3, -0.25) is 9.59 Å². The summed E-state index contributed by atoms with van der Waals surface area (Å²) in [6.45, 7) is 7.96. The minimum Gasteiger partial charge on any atom is -0.446 e. The van der Waals surface area contributed by atoms with Crippen molar-refractivity contribution in [1.29, 1.82) is 0 Å². The van der Waals surface area contributed by atoms with E-state index in [1.165, 1.54) is 26.2 Å². The lowest BCUT2D eigenvalue weighted by atomic mass is 9.43. The zero-order chi connectivity index (χ0) is 21.9. The molecule has 0 radical (unpaired) electrons. The lowest BCUT2D eigenvalue weighted by molar-refractivity contribution is -0.184. The molecule has 0 bridgehead atoms. The molecule has 166 valence electrons. The number of esters is 1. The number of terminal acetylenes is 1. The van der Waals surface area contributed by atoms with E-state index in [4.69, 9.17) is 11.2 Å². The Morgan fingerprint density at radius 1 is 1.00 bits per heavy atom. The van der Waals surface area contributed by atoms with E-state index in [9.17, 15) is 14.7 Å². The van der Waals surface area contributed by atoms with Crippen LogP contribution in [0.25, 0.3) is 0 Å². The monoisotopic (exact) mass is 414 g/mol. The van der Waals surface area contributed by atoms with Gasteiger partial charge in [0.1, 0.15) is 11.4 Å². The standard InChI is InChI=1S/C26H38O4/c1-6-23(30-17(3)28)26(29)14-13-24(4)18(15-26)7-8-19-21-10-9-20(16(2)27)25(21,5)12-11-22(19)24/h1,18-23,29H,7-15H2,2-5H3/t18-,19+,20-,21+,22+,23?,24+,25-,26-/m1/s1. The first-order chi connectivity index (χ1) is 14.0. The smallest absolute Gasteiger partial charge is 0.303 e. The Bertz CT molecular complexity index is 767. The summed E-state index contributed by atoms with van der Waals surface area (Å²) in [7, 11) is 0. The highest BCUT2D eigenvalue weighted by molar-refractivity contribution is 5.79. The summed E-state index contributed by atoms with van der Waals surface area (Å²) < 4.78 is 5.31. The Morgan fingerprint density at radius 3 is 2.33 bits per heavy atom. The van der Waals surface area contributed by atoms with Crippen LogP contribution in [0.15, 0.2) is 0 Å². The number of hydrogen-bond donors (Lipinski definition) is 1. The van der Waals surface area contributed by atoms with Crippen molar-refractivity contribution in [3.8, 4) is 12.3 Å². The third-order valence-corrected chi connectivity index (χ3v) is 10.2. The number of ether oxygens (including phenoxy) is 1. The molecule has 4 aliphatic rings. The Morgan fingerprint density at radius 2 is 1.70 bits per heavy atom. The molecule has 0 aromatic heterocycles. The first-order valence-corrected chi connectivity index (χ1v) is 11.9. The number of carbonyl (C=O) groups is 2. The molecule has 4 nitrogen and oxygen atoms in total. The summed E-state index contributed by atoms with van der Waals surface area (Å²) >= 11 is 0. The van der Waals surface area contributed by atoms with Crippen molar-refractivity contribution in [2.45, 2.75) is 97.2 Å². The van der Waals surface area contributed by atoms with Crippen molar-refractivity contribution in [3.63, 3.8) is 0 Å². The maximum atomic E-state index is 12.3.